The smallest absolute Gasteiger partial charge is 0.416 e. The molecule has 15 heteroatoms. The van der Waals surface area contributed by atoms with Crippen LogP contribution >= 0.6 is 27.5 Å². The molecule has 224 valence electrons. The van der Waals surface area contributed by atoms with Crippen LogP contribution in [0.15, 0.2) is 33.7 Å². The molecule has 0 aliphatic carbocycles. The van der Waals surface area contributed by atoms with Crippen molar-refractivity contribution in [1.29, 1.82) is 0 Å². The molecular formula is C26H31BrClF3N6O4. The number of piperazine rings is 1. The van der Waals surface area contributed by atoms with E-state index in [1.807, 2.05) is 11.8 Å². The second-order valence-corrected chi connectivity index (χ2v) is 11.8. The van der Waals surface area contributed by atoms with Gasteiger partial charge in [-0.25, -0.2) is 4.79 Å². The fourth-order valence-electron chi connectivity index (χ4n) is 4.70. The number of alkyl halides is 3. The summed E-state index contributed by atoms with van der Waals surface area (Å²) in [7, 11) is 0. The first kappa shape index (κ1) is 31.0. The van der Waals surface area contributed by atoms with Crippen LogP contribution in [0.4, 0.5) is 29.3 Å². The minimum absolute atomic E-state index is 0.0761. The van der Waals surface area contributed by atoms with Crippen LogP contribution < -0.4 is 15.8 Å². The van der Waals surface area contributed by atoms with Crippen molar-refractivity contribution in [2.45, 2.75) is 58.7 Å². The third-order valence-electron chi connectivity index (χ3n) is 6.49. The Balaban J connectivity index is 1.63. The molecule has 1 aromatic carbocycles. The molecule has 0 bridgehead atoms. The lowest BCUT2D eigenvalue weighted by Crippen LogP contribution is -2.51. The fraction of sp³-hybridized carbons (Fsp3) is 0.500. The van der Waals surface area contributed by atoms with Crippen molar-refractivity contribution in [2.75, 3.05) is 36.4 Å². The Labute approximate surface area is 247 Å². The number of fused-ring (bicyclic) bond motifs is 1. The Morgan fingerprint density at radius 1 is 1.20 bits per heavy atom. The van der Waals surface area contributed by atoms with Crippen LogP contribution in [-0.4, -0.2) is 68.3 Å². The first-order valence-electron chi connectivity index (χ1n) is 12.9. The third-order valence-corrected chi connectivity index (χ3v) is 7.19. The maximum absolute atomic E-state index is 13.6. The summed E-state index contributed by atoms with van der Waals surface area (Å²) < 4.78 is 48.0. The SMILES string of the molecule is CCc1c(N2CCN(C(=O)OC(C)(C)C)CC2)c(=O)n2nc(Br)cc2n1CC(O)Nc1ccc(C(F)(F)F)cc1Cl. The number of amides is 1. The van der Waals surface area contributed by atoms with Crippen LogP contribution in [0.2, 0.25) is 5.02 Å². The van der Waals surface area contributed by atoms with Crippen molar-refractivity contribution in [3.63, 3.8) is 0 Å². The van der Waals surface area contributed by atoms with Crippen LogP contribution in [0.25, 0.3) is 5.65 Å². The van der Waals surface area contributed by atoms with Crippen molar-refractivity contribution < 1.29 is 27.8 Å². The topological polar surface area (TPSA) is 104 Å². The highest BCUT2D eigenvalue weighted by atomic mass is 79.9. The van der Waals surface area contributed by atoms with Gasteiger partial charge in [-0.15, -0.1) is 0 Å². The van der Waals surface area contributed by atoms with Crippen molar-refractivity contribution in [3.8, 4) is 0 Å². The zero-order valence-electron chi connectivity index (χ0n) is 22.9. The molecular weight excluding hydrogens is 633 g/mol. The first-order chi connectivity index (χ1) is 19.1. The number of nitrogens with one attached hydrogen (secondary N) is 1. The highest BCUT2D eigenvalue weighted by Gasteiger charge is 2.32. The number of aliphatic hydroxyl groups excluding tert-OH is 1. The Hall–Kier alpha value is -2.97. The molecule has 10 nitrogen and oxygen atoms in total. The summed E-state index contributed by atoms with van der Waals surface area (Å²) in [6.45, 7) is 8.61. The summed E-state index contributed by atoms with van der Waals surface area (Å²) in [5.41, 5.74) is -0.338. The van der Waals surface area contributed by atoms with Crippen LogP contribution in [0.5, 0.6) is 0 Å². The normalized spacial score (nSPS) is 15.4. The van der Waals surface area contributed by atoms with E-state index >= 15 is 0 Å². The van der Waals surface area contributed by atoms with Crippen molar-refractivity contribution in [3.05, 3.63) is 55.5 Å². The summed E-state index contributed by atoms with van der Waals surface area (Å²) in [4.78, 5) is 29.7. The van der Waals surface area contributed by atoms with E-state index < -0.39 is 29.7 Å². The minimum atomic E-state index is -4.55. The fourth-order valence-corrected chi connectivity index (χ4v) is 5.30. The second kappa shape index (κ2) is 11.7. The van der Waals surface area contributed by atoms with Crippen LogP contribution in [0.1, 0.15) is 39.0 Å². The Bertz CT molecular complexity index is 1500. The van der Waals surface area contributed by atoms with Crippen LogP contribution in [0, 0.1) is 0 Å². The Kier molecular flexibility index (Phi) is 8.86. The zero-order chi connectivity index (χ0) is 30.3. The summed E-state index contributed by atoms with van der Waals surface area (Å²) in [5.74, 6) is 0. The molecule has 0 spiro atoms. The van der Waals surface area contributed by atoms with E-state index in [9.17, 15) is 27.9 Å². The van der Waals surface area contributed by atoms with Gasteiger partial charge in [0.1, 0.15) is 27.8 Å². The third kappa shape index (κ3) is 6.92. The number of anilines is 2. The Morgan fingerprint density at radius 3 is 2.41 bits per heavy atom. The average Bonchev–Trinajstić information content (AvgIpc) is 3.27. The van der Waals surface area contributed by atoms with Crippen LogP contribution in [-0.2, 0) is 23.9 Å². The lowest BCUT2D eigenvalue weighted by Gasteiger charge is -2.37. The maximum atomic E-state index is 13.6. The second-order valence-electron chi connectivity index (χ2n) is 10.6. The van der Waals surface area contributed by atoms with Gasteiger partial charge in [0.2, 0.25) is 0 Å². The molecule has 2 N–H and O–H groups in total. The number of aromatic nitrogens is 3. The molecule has 1 aliphatic rings. The molecule has 3 heterocycles. The highest BCUT2D eigenvalue weighted by Crippen LogP contribution is 2.34. The lowest BCUT2D eigenvalue weighted by molar-refractivity contribution is -0.137. The number of nitrogens with zero attached hydrogens (tertiary/aromatic N) is 5. The number of halogens is 5. The molecule has 0 radical (unpaired) electrons. The highest BCUT2D eigenvalue weighted by molar-refractivity contribution is 9.10. The molecule has 1 fully saturated rings. The van der Waals surface area contributed by atoms with Crippen LogP contribution in [0.3, 0.4) is 0 Å². The van der Waals surface area contributed by atoms with Gasteiger partial charge in [-0.1, -0.05) is 18.5 Å². The number of benzene rings is 1. The molecule has 1 unspecified atom stereocenters. The predicted octanol–water partition coefficient (Wildman–Crippen LogP) is 4.98. The molecule has 1 atom stereocenters. The number of hydrogen-bond acceptors (Lipinski definition) is 7. The monoisotopic (exact) mass is 662 g/mol. The molecule has 4 rings (SSSR count). The number of aliphatic hydroxyl groups is 1. The molecule has 2 aromatic heterocycles. The van der Waals surface area contributed by atoms with Crippen molar-refractivity contribution in [1.82, 2.24) is 19.1 Å². The number of ether oxygens (including phenoxy) is 1. The first-order valence-corrected chi connectivity index (χ1v) is 14.1. The zero-order valence-corrected chi connectivity index (χ0v) is 25.3. The van der Waals surface area contributed by atoms with E-state index in [0.717, 1.165) is 18.2 Å². The van der Waals surface area contributed by atoms with Gasteiger partial charge in [-0.05, 0) is 61.3 Å². The van der Waals surface area contributed by atoms with Gasteiger partial charge in [-0.2, -0.15) is 22.8 Å². The minimum Gasteiger partial charge on any atom is -0.444 e. The summed E-state index contributed by atoms with van der Waals surface area (Å²) in [6, 6.07) is 4.46. The van der Waals surface area contributed by atoms with E-state index in [4.69, 9.17) is 16.3 Å². The van der Waals surface area contributed by atoms with Gasteiger partial charge in [0.05, 0.1) is 22.8 Å². The quantitative estimate of drug-likeness (QED) is 0.359. The molecule has 41 heavy (non-hydrogen) atoms. The molecule has 0 saturated carbocycles. The lowest BCUT2D eigenvalue weighted by atomic mass is 10.2. The largest absolute Gasteiger partial charge is 0.444 e. The summed E-state index contributed by atoms with van der Waals surface area (Å²) >= 11 is 9.39. The van der Waals surface area contributed by atoms with Gasteiger partial charge in [0.15, 0.2) is 0 Å². The van der Waals surface area contributed by atoms with Gasteiger partial charge < -0.3 is 29.5 Å². The summed E-state index contributed by atoms with van der Waals surface area (Å²) in [6.07, 6.45) is -5.84. The number of carbonyl (C=O) groups is 1. The summed E-state index contributed by atoms with van der Waals surface area (Å²) in [5, 5.41) is 17.8. The number of carbonyl (C=O) groups excluding carboxylic acids is 1. The van der Waals surface area contributed by atoms with Gasteiger partial charge in [-0.3, -0.25) is 4.79 Å². The van der Waals surface area contributed by atoms with Gasteiger partial charge in [0, 0.05) is 37.9 Å². The average molecular weight is 664 g/mol. The van der Waals surface area contributed by atoms with Crippen molar-refractivity contribution >= 4 is 50.6 Å². The van der Waals surface area contributed by atoms with E-state index in [2.05, 4.69) is 26.3 Å². The molecule has 1 saturated heterocycles. The van der Waals surface area contributed by atoms with Gasteiger partial charge >= 0.3 is 12.3 Å². The number of rotatable bonds is 6. The van der Waals surface area contributed by atoms with E-state index in [0.29, 0.717) is 54.2 Å². The van der Waals surface area contributed by atoms with E-state index in [-0.39, 0.29) is 22.8 Å². The predicted molar refractivity (Wildman–Crippen MR) is 153 cm³/mol. The van der Waals surface area contributed by atoms with Crippen molar-refractivity contribution in [2.24, 2.45) is 0 Å². The molecule has 1 amide bonds. The van der Waals surface area contributed by atoms with Gasteiger partial charge in [0.25, 0.3) is 5.56 Å². The maximum Gasteiger partial charge on any atom is 0.416 e. The van der Waals surface area contributed by atoms with E-state index in [1.54, 1.807) is 36.3 Å². The molecule has 3 aromatic rings. The standard InChI is InChI=1S/C26H31BrClF3N6O4/c1-5-18-22(34-8-10-35(11-9-34)24(40)41-25(2,3)4)23(39)37-21(13-19(27)33-37)36(18)14-20(38)32-17-7-6-15(12-16(17)28)26(29,30)31/h6-7,12-13,20,32,38H,5,8-11,14H2,1-4H3. The molecule has 1 aliphatic heterocycles. The number of hydrogen-bond donors (Lipinski definition) is 2. The Morgan fingerprint density at radius 2 is 1.85 bits per heavy atom. The van der Waals surface area contributed by atoms with E-state index in [1.165, 1.54) is 4.52 Å².